The average Bonchev–Trinajstić information content (AvgIpc) is 2.21. The molecule has 0 saturated heterocycles. The Morgan fingerprint density at radius 2 is 2.27 bits per heavy atom. The third-order valence-corrected chi connectivity index (χ3v) is 2.81. The molecule has 0 aliphatic rings. The normalized spacial score (nSPS) is 11.5. The van der Waals surface area contributed by atoms with Gasteiger partial charge in [-0.05, 0) is 11.6 Å². The summed E-state index contributed by atoms with van der Waals surface area (Å²) < 4.78 is 0. The number of pyridine rings is 1. The lowest BCUT2D eigenvalue weighted by molar-refractivity contribution is -0.125. The van der Waals surface area contributed by atoms with Crippen molar-refractivity contribution in [2.45, 2.75) is 20.3 Å². The van der Waals surface area contributed by atoms with Crippen LogP contribution >= 0.6 is 11.6 Å². The molecule has 0 saturated carbocycles. The van der Waals surface area contributed by atoms with Crippen LogP contribution in [0.2, 0.25) is 5.02 Å². The summed E-state index contributed by atoms with van der Waals surface area (Å²) in [6.45, 7) is 4.02. The SMILES string of the molecule is CC(C)(CN)C(=O)Cc1ccncc1Cl. The standard InChI is InChI=1S/C11H15ClN2O/c1-11(2,7-13)10(15)5-8-3-4-14-6-9(8)12/h3-4,6H,5,7,13H2,1-2H3. The minimum atomic E-state index is -0.493. The van der Waals surface area contributed by atoms with E-state index in [0.29, 0.717) is 18.0 Å². The summed E-state index contributed by atoms with van der Waals surface area (Å²) in [6, 6.07) is 1.76. The first-order chi connectivity index (χ1) is 6.97. The van der Waals surface area contributed by atoms with Crippen LogP contribution < -0.4 is 5.73 Å². The molecule has 0 aliphatic heterocycles. The number of hydrogen-bond donors (Lipinski definition) is 1. The second-order valence-corrected chi connectivity index (χ2v) is 4.56. The Bertz CT molecular complexity index is 363. The summed E-state index contributed by atoms with van der Waals surface area (Å²) in [5, 5.41) is 0.527. The highest BCUT2D eigenvalue weighted by Crippen LogP contribution is 2.21. The van der Waals surface area contributed by atoms with Crippen molar-refractivity contribution in [1.29, 1.82) is 0 Å². The van der Waals surface area contributed by atoms with Gasteiger partial charge in [0.15, 0.2) is 0 Å². The van der Waals surface area contributed by atoms with Crippen molar-refractivity contribution in [3.63, 3.8) is 0 Å². The van der Waals surface area contributed by atoms with Crippen molar-refractivity contribution in [1.82, 2.24) is 4.98 Å². The van der Waals surface area contributed by atoms with Crippen LogP contribution in [0.25, 0.3) is 0 Å². The zero-order chi connectivity index (χ0) is 11.5. The van der Waals surface area contributed by atoms with Gasteiger partial charge in [0.05, 0.1) is 5.02 Å². The van der Waals surface area contributed by atoms with Crippen molar-refractivity contribution >= 4 is 17.4 Å². The van der Waals surface area contributed by atoms with Crippen LogP contribution in [0, 0.1) is 5.41 Å². The third-order valence-electron chi connectivity index (χ3n) is 2.47. The van der Waals surface area contributed by atoms with E-state index in [9.17, 15) is 4.79 Å². The van der Waals surface area contributed by atoms with Crippen LogP contribution in [-0.2, 0) is 11.2 Å². The summed E-state index contributed by atoms with van der Waals surface area (Å²) in [5.41, 5.74) is 5.84. The summed E-state index contributed by atoms with van der Waals surface area (Å²) in [5.74, 6) is 0.0955. The molecule has 2 N–H and O–H groups in total. The Morgan fingerprint density at radius 1 is 1.60 bits per heavy atom. The van der Waals surface area contributed by atoms with Crippen molar-refractivity contribution in [3.05, 3.63) is 29.0 Å². The summed E-state index contributed by atoms with van der Waals surface area (Å²) in [7, 11) is 0. The lowest BCUT2D eigenvalue weighted by Gasteiger charge is -2.20. The largest absolute Gasteiger partial charge is 0.329 e. The van der Waals surface area contributed by atoms with E-state index in [0.717, 1.165) is 5.56 Å². The quantitative estimate of drug-likeness (QED) is 0.852. The average molecular weight is 227 g/mol. The monoisotopic (exact) mass is 226 g/mol. The highest BCUT2D eigenvalue weighted by atomic mass is 35.5. The van der Waals surface area contributed by atoms with Crippen LogP contribution in [0.15, 0.2) is 18.5 Å². The molecule has 0 spiro atoms. The second kappa shape index (κ2) is 4.73. The molecule has 3 nitrogen and oxygen atoms in total. The van der Waals surface area contributed by atoms with Gasteiger partial charge in [-0.1, -0.05) is 25.4 Å². The number of nitrogens with two attached hydrogens (primary N) is 1. The van der Waals surface area contributed by atoms with Crippen LogP contribution in [0.5, 0.6) is 0 Å². The Balaban J connectivity index is 2.80. The highest BCUT2D eigenvalue weighted by molar-refractivity contribution is 6.31. The first kappa shape index (κ1) is 12.1. The predicted octanol–water partition coefficient (Wildman–Crippen LogP) is 1.83. The fourth-order valence-electron chi connectivity index (χ4n) is 1.07. The Hall–Kier alpha value is -0.930. The van der Waals surface area contributed by atoms with E-state index >= 15 is 0 Å². The number of ketones is 1. The predicted molar refractivity (Wildman–Crippen MR) is 60.8 cm³/mol. The maximum atomic E-state index is 11.9. The fraction of sp³-hybridized carbons (Fsp3) is 0.455. The Labute approximate surface area is 94.6 Å². The molecule has 0 fully saturated rings. The molecular formula is C11H15ClN2O. The number of nitrogens with zero attached hydrogens (tertiary/aromatic N) is 1. The Morgan fingerprint density at radius 3 is 2.80 bits per heavy atom. The second-order valence-electron chi connectivity index (χ2n) is 4.16. The molecule has 0 atom stereocenters. The molecule has 0 aromatic carbocycles. The van der Waals surface area contributed by atoms with E-state index in [1.807, 2.05) is 13.8 Å². The number of hydrogen-bond acceptors (Lipinski definition) is 3. The van der Waals surface area contributed by atoms with E-state index in [-0.39, 0.29) is 5.78 Å². The zero-order valence-electron chi connectivity index (χ0n) is 8.96. The van der Waals surface area contributed by atoms with E-state index < -0.39 is 5.41 Å². The number of halogens is 1. The van der Waals surface area contributed by atoms with E-state index in [1.165, 1.54) is 0 Å². The number of aromatic nitrogens is 1. The maximum absolute atomic E-state index is 11.9. The van der Waals surface area contributed by atoms with Gasteiger partial charge in [-0.2, -0.15) is 0 Å². The molecule has 1 heterocycles. The fourth-order valence-corrected chi connectivity index (χ4v) is 1.26. The molecule has 82 valence electrons. The first-order valence-electron chi connectivity index (χ1n) is 4.79. The summed E-state index contributed by atoms with van der Waals surface area (Å²) in [6.07, 6.45) is 3.48. The molecule has 1 aromatic heterocycles. The summed E-state index contributed by atoms with van der Waals surface area (Å²) in [4.78, 5) is 15.7. The number of Topliss-reactive ketones (excluding diaryl/α,β-unsaturated/α-hetero) is 1. The van der Waals surface area contributed by atoms with Crippen molar-refractivity contribution in [2.75, 3.05) is 6.54 Å². The van der Waals surface area contributed by atoms with Gasteiger partial charge in [0.2, 0.25) is 0 Å². The zero-order valence-corrected chi connectivity index (χ0v) is 9.71. The van der Waals surface area contributed by atoms with Crippen molar-refractivity contribution < 1.29 is 4.79 Å². The molecule has 1 aromatic rings. The van der Waals surface area contributed by atoms with Gasteiger partial charge in [0.1, 0.15) is 5.78 Å². The summed E-state index contributed by atoms with van der Waals surface area (Å²) >= 11 is 5.92. The van der Waals surface area contributed by atoms with E-state index in [2.05, 4.69) is 4.98 Å². The van der Waals surface area contributed by atoms with E-state index in [1.54, 1.807) is 18.5 Å². The number of carbonyl (C=O) groups excluding carboxylic acids is 1. The minimum Gasteiger partial charge on any atom is -0.329 e. The van der Waals surface area contributed by atoms with Crippen LogP contribution in [0.1, 0.15) is 19.4 Å². The lowest BCUT2D eigenvalue weighted by Crippen LogP contribution is -2.33. The number of carbonyl (C=O) groups is 1. The molecule has 0 radical (unpaired) electrons. The Kier molecular flexibility index (Phi) is 3.83. The third kappa shape index (κ3) is 3.01. The van der Waals surface area contributed by atoms with Gasteiger partial charge in [-0.3, -0.25) is 9.78 Å². The minimum absolute atomic E-state index is 0.0955. The highest BCUT2D eigenvalue weighted by Gasteiger charge is 2.25. The van der Waals surface area contributed by atoms with Crippen molar-refractivity contribution in [2.24, 2.45) is 11.1 Å². The molecule has 4 heteroatoms. The molecule has 0 bridgehead atoms. The van der Waals surface area contributed by atoms with E-state index in [4.69, 9.17) is 17.3 Å². The van der Waals surface area contributed by atoms with Crippen LogP contribution in [0.3, 0.4) is 0 Å². The smallest absolute Gasteiger partial charge is 0.144 e. The first-order valence-corrected chi connectivity index (χ1v) is 5.17. The van der Waals surface area contributed by atoms with Gasteiger partial charge in [0.25, 0.3) is 0 Å². The van der Waals surface area contributed by atoms with Crippen molar-refractivity contribution in [3.8, 4) is 0 Å². The number of rotatable bonds is 4. The van der Waals surface area contributed by atoms with Gasteiger partial charge in [-0.25, -0.2) is 0 Å². The molecule has 1 rings (SSSR count). The molecule has 15 heavy (non-hydrogen) atoms. The van der Waals surface area contributed by atoms with Gasteiger partial charge in [-0.15, -0.1) is 0 Å². The molecule has 0 amide bonds. The van der Waals surface area contributed by atoms with Gasteiger partial charge < -0.3 is 5.73 Å². The molecular weight excluding hydrogens is 212 g/mol. The van der Waals surface area contributed by atoms with Crippen LogP contribution in [0.4, 0.5) is 0 Å². The van der Waals surface area contributed by atoms with Gasteiger partial charge in [0, 0.05) is 30.8 Å². The molecule has 0 aliphatic carbocycles. The molecule has 0 unspecified atom stereocenters. The maximum Gasteiger partial charge on any atom is 0.144 e. The van der Waals surface area contributed by atoms with Crippen LogP contribution in [-0.4, -0.2) is 17.3 Å². The van der Waals surface area contributed by atoms with Gasteiger partial charge >= 0.3 is 0 Å². The topological polar surface area (TPSA) is 56.0 Å². The lowest BCUT2D eigenvalue weighted by atomic mass is 9.85.